The van der Waals surface area contributed by atoms with Crippen molar-refractivity contribution in [3.05, 3.63) is 29.8 Å². The van der Waals surface area contributed by atoms with Crippen LogP contribution in [0.25, 0.3) is 0 Å². The van der Waals surface area contributed by atoms with Crippen LogP contribution in [0.4, 0.5) is 5.69 Å². The van der Waals surface area contributed by atoms with E-state index < -0.39 is 0 Å². The fourth-order valence-electron chi connectivity index (χ4n) is 1.72. The van der Waals surface area contributed by atoms with Gasteiger partial charge in [-0.15, -0.1) is 0 Å². The Morgan fingerprint density at radius 2 is 2.09 bits per heavy atom. The minimum atomic E-state index is 0.674. The maximum absolute atomic E-state index is 2.34. The Hall–Kier alpha value is -0.915. The van der Waals surface area contributed by atoms with Crippen LogP contribution in [0.15, 0.2) is 24.3 Å². The number of benzene rings is 1. The van der Waals surface area contributed by atoms with E-state index in [1.807, 2.05) is 0 Å². The number of hydrogen-bond donors (Lipinski definition) is 0. The van der Waals surface area contributed by atoms with Crippen molar-refractivity contribution in [3.63, 3.8) is 0 Å². The van der Waals surface area contributed by atoms with Gasteiger partial charge in [-0.1, -0.05) is 25.0 Å². The fourth-order valence-corrected chi connectivity index (χ4v) is 1.72. The zero-order chi connectivity index (χ0) is 7.84. The molecule has 0 fully saturated rings. The van der Waals surface area contributed by atoms with E-state index in [-0.39, 0.29) is 0 Å². The average Bonchev–Trinajstić information content (AvgIpc) is 2.30. The molecule has 1 aromatic carbocycles. The van der Waals surface area contributed by atoms with Crippen LogP contribution in [-0.4, -0.2) is 13.9 Å². The van der Waals surface area contributed by atoms with E-state index in [1.54, 1.807) is 0 Å². The number of rotatable bonds is 0. The molecule has 0 N–H and O–H groups in total. The maximum Gasteiger partial charge on any atom is 0.255 e. The topological polar surface area (TPSA) is 3.24 Å². The molecule has 11 heavy (non-hydrogen) atoms. The molecule has 2 rings (SSSR count). The van der Waals surface area contributed by atoms with Gasteiger partial charge < -0.3 is 4.81 Å². The monoisotopic (exact) mass is 145 g/mol. The highest BCUT2D eigenvalue weighted by Crippen LogP contribution is 2.27. The van der Waals surface area contributed by atoms with E-state index >= 15 is 0 Å². The van der Waals surface area contributed by atoms with Crippen molar-refractivity contribution in [1.82, 2.24) is 0 Å². The number of hydrogen-bond acceptors (Lipinski definition) is 1. The molecule has 1 aliphatic rings. The first-order valence-corrected chi connectivity index (χ1v) is 4.10. The summed E-state index contributed by atoms with van der Waals surface area (Å²) in [6.45, 7) is 2.94. The molecule has 0 saturated carbocycles. The van der Waals surface area contributed by atoms with E-state index in [0.29, 0.717) is 6.85 Å². The normalized spacial score (nSPS) is 15.5. The molecule has 1 aromatic rings. The van der Waals surface area contributed by atoms with E-state index in [2.05, 4.69) is 42.9 Å². The van der Waals surface area contributed by atoms with Crippen LogP contribution < -0.4 is 4.81 Å². The maximum atomic E-state index is 2.34. The first-order valence-electron chi connectivity index (χ1n) is 4.10. The van der Waals surface area contributed by atoms with Gasteiger partial charge in [-0.05, 0) is 25.0 Å². The SMILES string of the molecule is CB1Cc2ccccc2N1C. The van der Waals surface area contributed by atoms with E-state index in [0.717, 1.165) is 0 Å². The summed E-state index contributed by atoms with van der Waals surface area (Å²) in [5, 5.41) is 0. The average molecular weight is 145 g/mol. The van der Waals surface area contributed by atoms with Crippen molar-refractivity contribution in [1.29, 1.82) is 0 Å². The second-order valence-corrected chi connectivity index (χ2v) is 3.29. The lowest BCUT2D eigenvalue weighted by Gasteiger charge is -2.15. The van der Waals surface area contributed by atoms with Crippen LogP contribution in [0.2, 0.25) is 6.82 Å². The Morgan fingerprint density at radius 1 is 1.36 bits per heavy atom. The van der Waals surface area contributed by atoms with Crippen molar-refractivity contribution >= 4 is 12.5 Å². The zero-order valence-electron chi connectivity index (χ0n) is 7.04. The summed E-state index contributed by atoms with van der Waals surface area (Å²) in [5.74, 6) is 0. The molecular weight excluding hydrogens is 133 g/mol. The molecule has 2 heteroatoms. The van der Waals surface area contributed by atoms with Gasteiger partial charge in [0.15, 0.2) is 0 Å². The van der Waals surface area contributed by atoms with Gasteiger partial charge in [-0.3, -0.25) is 0 Å². The molecule has 0 unspecified atom stereocenters. The summed E-state index contributed by atoms with van der Waals surface area (Å²) in [4.78, 5) is 2.34. The number of anilines is 1. The molecule has 0 saturated heterocycles. The van der Waals surface area contributed by atoms with Crippen LogP contribution in [0.5, 0.6) is 0 Å². The Labute approximate surface area is 68.1 Å². The van der Waals surface area contributed by atoms with Gasteiger partial charge >= 0.3 is 0 Å². The molecule has 0 atom stereocenters. The van der Waals surface area contributed by atoms with Crippen LogP contribution in [-0.2, 0) is 6.32 Å². The smallest absolute Gasteiger partial charge is 0.255 e. The standard InChI is InChI=1S/C9H12BN/c1-10-7-8-5-3-4-6-9(8)11(10)2/h3-6H,7H2,1-2H3. The highest BCUT2D eigenvalue weighted by molar-refractivity contribution is 6.63. The summed E-state index contributed by atoms with van der Waals surface area (Å²) in [7, 11) is 2.16. The first-order chi connectivity index (χ1) is 5.29. The van der Waals surface area contributed by atoms with Crippen LogP contribution >= 0.6 is 0 Å². The van der Waals surface area contributed by atoms with E-state index in [9.17, 15) is 0 Å². The van der Waals surface area contributed by atoms with Gasteiger partial charge in [-0.2, -0.15) is 0 Å². The predicted octanol–water partition coefficient (Wildman–Crippen LogP) is 1.84. The molecule has 1 aliphatic heterocycles. The second-order valence-electron chi connectivity index (χ2n) is 3.29. The van der Waals surface area contributed by atoms with Gasteiger partial charge in [0, 0.05) is 5.69 Å². The fraction of sp³-hybridized carbons (Fsp3) is 0.333. The highest BCUT2D eigenvalue weighted by atomic mass is 15.0. The summed E-state index contributed by atoms with van der Waals surface area (Å²) >= 11 is 0. The lowest BCUT2D eigenvalue weighted by molar-refractivity contribution is 1.33. The van der Waals surface area contributed by atoms with Crippen LogP contribution in [0.1, 0.15) is 5.56 Å². The lowest BCUT2D eigenvalue weighted by atomic mass is 9.62. The molecule has 0 aromatic heterocycles. The Bertz CT molecular complexity index is 272. The Morgan fingerprint density at radius 3 is 2.82 bits per heavy atom. The van der Waals surface area contributed by atoms with Crippen molar-refractivity contribution in [2.24, 2.45) is 0 Å². The van der Waals surface area contributed by atoms with Crippen LogP contribution in [0.3, 0.4) is 0 Å². The molecular formula is C9H12BN. The van der Waals surface area contributed by atoms with E-state index in [1.165, 1.54) is 17.6 Å². The summed E-state index contributed by atoms with van der Waals surface area (Å²) in [5.41, 5.74) is 2.89. The number of fused-ring (bicyclic) bond motifs is 1. The molecule has 0 radical (unpaired) electrons. The second kappa shape index (κ2) is 2.30. The van der Waals surface area contributed by atoms with Crippen molar-refractivity contribution in [2.75, 3.05) is 11.9 Å². The summed E-state index contributed by atoms with van der Waals surface area (Å²) < 4.78 is 0. The summed E-state index contributed by atoms with van der Waals surface area (Å²) in [6.07, 6.45) is 1.20. The first kappa shape index (κ1) is 6.77. The third kappa shape index (κ3) is 0.935. The van der Waals surface area contributed by atoms with Gasteiger partial charge in [0.05, 0.1) is 0 Å². The third-order valence-corrected chi connectivity index (χ3v) is 2.55. The van der Waals surface area contributed by atoms with Gasteiger partial charge in [0.25, 0.3) is 6.85 Å². The molecule has 56 valence electrons. The molecule has 1 nitrogen and oxygen atoms in total. The summed E-state index contributed by atoms with van der Waals surface area (Å²) in [6, 6.07) is 8.63. The van der Waals surface area contributed by atoms with Crippen LogP contribution in [0, 0.1) is 0 Å². The number of para-hydroxylation sites is 1. The molecule has 0 bridgehead atoms. The van der Waals surface area contributed by atoms with Gasteiger partial charge in [-0.25, -0.2) is 0 Å². The number of nitrogens with zero attached hydrogens (tertiary/aromatic N) is 1. The molecule has 0 amide bonds. The third-order valence-electron chi connectivity index (χ3n) is 2.55. The minimum absolute atomic E-state index is 0.674. The largest absolute Gasteiger partial charge is 0.417 e. The van der Waals surface area contributed by atoms with E-state index in [4.69, 9.17) is 0 Å². The van der Waals surface area contributed by atoms with Gasteiger partial charge in [0.2, 0.25) is 0 Å². The minimum Gasteiger partial charge on any atom is -0.417 e. The van der Waals surface area contributed by atoms with Crippen molar-refractivity contribution in [2.45, 2.75) is 13.1 Å². The van der Waals surface area contributed by atoms with Gasteiger partial charge in [0.1, 0.15) is 0 Å². The Balaban J connectivity index is 2.47. The highest BCUT2D eigenvalue weighted by Gasteiger charge is 2.24. The lowest BCUT2D eigenvalue weighted by Crippen LogP contribution is -2.29. The predicted molar refractivity (Wildman–Crippen MR) is 50.2 cm³/mol. The van der Waals surface area contributed by atoms with Crippen molar-refractivity contribution in [3.8, 4) is 0 Å². The molecule has 0 spiro atoms. The molecule has 1 heterocycles. The Kier molecular flexibility index (Phi) is 1.41. The zero-order valence-corrected chi connectivity index (χ0v) is 7.04. The van der Waals surface area contributed by atoms with Crippen molar-refractivity contribution < 1.29 is 0 Å². The molecule has 0 aliphatic carbocycles. The quantitative estimate of drug-likeness (QED) is 0.503.